The fourth-order valence-corrected chi connectivity index (χ4v) is 3.35. The van der Waals surface area contributed by atoms with Crippen LogP contribution in [0.2, 0.25) is 0 Å². The van der Waals surface area contributed by atoms with Crippen molar-refractivity contribution in [1.82, 2.24) is 5.32 Å². The zero-order chi connectivity index (χ0) is 17.7. The lowest BCUT2D eigenvalue weighted by molar-refractivity contribution is 0.0933. The number of amides is 1. The monoisotopic (exact) mass is 410 g/mol. The molecule has 0 aromatic heterocycles. The second-order valence-corrected chi connectivity index (χ2v) is 7.83. The first-order valence-electron chi connectivity index (χ1n) is 7.51. The summed E-state index contributed by atoms with van der Waals surface area (Å²) < 4.78 is 23.5. The Bertz CT molecular complexity index is 823. The van der Waals surface area contributed by atoms with Gasteiger partial charge in [0.2, 0.25) is 10.0 Å². The number of hydrogen-bond acceptors (Lipinski definition) is 3. The SMILES string of the molecule is CCCC(NC(=O)c1cc(S(N)(=O)=O)ccc1Br)c1ccccc1. The summed E-state index contributed by atoms with van der Waals surface area (Å²) in [5.74, 6) is -0.352. The maximum absolute atomic E-state index is 12.6. The number of rotatable bonds is 6. The third-order valence-corrected chi connectivity index (χ3v) is 5.20. The van der Waals surface area contributed by atoms with Crippen molar-refractivity contribution in [2.75, 3.05) is 0 Å². The third kappa shape index (κ3) is 4.66. The van der Waals surface area contributed by atoms with Crippen LogP contribution < -0.4 is 10.5 Å². The van der Waals surface area contributed by atoms with Gasteiger partial charge in [-0.25, -0.2) is 13.6 Å². The van der Waals surface area contributed by atoms with Crippen molar-refractivity contribution >= 4 is 31.9 Å². The van der Waals surface area contributed by atoms with Gasteiger partial charge < -0.3 is 5.32 Å². The molecular weight excluding hydrogens is 392 g/mol. The van der Waals surface area contributed by atoms with Crippen LogP contribution in [0.4, 0.5) is 0 Å². The number of halogens is 1. The molecular formula is C17H19BrN2O3S. The lowest BCUT2D eigenvalue weighted by Crippen LogP contribution is -2.29. The molecule has 0 saturated heterocycles. The van der Waals surface area contributed by atoms with Gasteiger partial charge in [0, 0.05) is 4.47 Å². The van der Waals surface area contributed by atoms with Gasteiger partial charge in [-0.2, -0.15) is 0 Å². The van der Waals surface area contributed by atoms with Crippen molar-refractivity contribution in [1.29, 1.82) is 0 Å². The Morgan fingerprint density at radius 3 is 2.46 bits per heavy atom. The third-order valence-electron chi connectivity index (χ3n) is 3.60. The van der Waals surface area contributed by atoms with E-state index >= 15 is 0 Å². The van der Waals surface area contributed by atoms with Crippen LogP contribution in [-0.4, -0.2) is 14.3 Å². The highest BCUT2D eigenvalue weighted by molar-refractivity contribution is 9.10. The molecule has 2 aromatic carbocycles. The first kappa shape index (κ1) is 18.6. The van der Waals surface area contributed by atoms with Crippen molar-refractivity contribution in [2.24, 2.45) is 5.14 Å². The first-order chi connectivity index (χ1) is 11.3. The smallest absolute Gasteiger partial charge is 0.252 e. The second kappa shape index (κ2) is 7.92. The van der Waals surface area contributed by atoms with Crippen LogP contribution in [0, 0.1) is 0 Å². The van der Waals surface area contributed by atoms with Gasteiger partial charge in [-0.3, -0.25) is 4.79 Å². The van der Waals surface area contributed by atoms with Crippen LogP contribution >= 0.6 is 15.9 Å². The van der Waals surface area contributed by atoms with E-state index in [1.165, 1.54) is 18.2 Å². The zero-order valence-electron chi connectivity index (χ0n) is 13.2. The highest BCUT2D eigenvalue weighted by Gasteiger charge is 2.19. The van der Waals surface area contributed by atoms with Gasteiger partial charge in [0.15, 0.2) is 0 Å². The predicted octanol–water partition coefficient (Wildman–Crippen LogP) is 3.37. The zero-order valence-corrected chi connectivity index (χ0v) is 15.6. The van der Waals surface area contributed by atoms with Crippen molar-refractivity contribution in [2.45, 2.75) is 30.7 Å². The Kier molecular flexibility index (Phi) is 6.15. The predicted molar refractivity (Wildman–Crippen MR) is 97.1 cm³/mol. The highest BCUT2D eigenvalue weighted by Crippen LogP contribution is 2.23. The van der Waals surface area contributed by atoms with Crippen molar-refractivity contribution in [3.8, 4) is 0 Å². The quantitative estimate of drug-likeness (QED) is 0.764. The van der Waals surface area contributed by atoms with E-state index in [4.69, 9.17) is 5.14 Å². The summed E-state index contributed by atoms with van der Waals surface area (Å²) in [6.07, 6.45) is 1.68. The van der Waals surface area contributed by atoms with Crippen LogP contribution in [0.1, 0.15) is 41.7 Å². The molecule has 0 fully saturated rings. The highest BCUT2D eigenvalue weighted by atomic mass is 79.9. The number of sulfonamides is 1. The summed E-state index contributed by atoms with van der Waals surface area (Å²) in [6, 6.07) is 13.7. The molecule has 2 rings (SSSR count). The molecule has 0 aliphatic carbocycles. The molecule has 24 heavy (non-hydrogen) atoms. The van der Waals surface area contributed by atoms with Gasteiger partial charge in [-0.1, -0.05) is 43.7 Å². The number of benzene rings is 2. The fraction of sp³-hybridized carbons (Fsp3) is 0.235. The molecule has 128 valence electrons. The first-order valence-corrected chi connectivity index (χ1v) is 9.85. The minimum Gasteiger partial charge on any atom is -0.345 e. The Hall–Kier alpha value is -1.70. The van der Waals surface area contributed by atoms with Gasteiger partial charge >= 0.3 is 0 Å². The van der Waals surface area contributed by atoms with E-state index in [0.717, 1.165) is 18.4 Å². The van der Waals surface area contributed by atoms with Crippen LogP contribution in [-0.2, 0) is 10.0 Å². The summed E-state index contributed by atoms with van der Waals surface area (Å²) in [5.41, 5.74) is 1.24. The molecule has 3 N–H and O–H groups in total. The molecule has 0 aliphatic rings. The molecule has 7 heteroatoms. The lowest BCUT2D eigenvalue weighted by Gasteiger charge is -2.19. The van der Waals surface area contributed by atoms with Crippen molar-refractivity contribution in [3.05, 3.63) is 64.1 Å². The molecule has 2 aromatic rings. The number of hydrogen-bond donors (Lipinski definition) is 2. The van der Waals surface area contributed by atoms with Crippen LogP contribution in [0.3, 0.4) is 0 Å². The summed E-state index contributed by atoms with van der Waals surface area (Å²) in [6.45, 7) is 2.04. The van der Waals surface area contributed by atoms with E-state index in [2.05, 4.69) is 21.2 Å². The molecule has 0 bridgehead atoms. The van der Waals surface area contributed by atoms with Gasteiger partial charge in [0.1, 0.15) is 0 Å². The Labute approximate surface area is 150 Å². The van der Waals surface area contributed by atoms with E-state index in [-0.39, 0.29) is 22.4 Å². The van der Waals surface area contributed by atoms with Gasteiger partial charge in [-0.05, 0) is 46.1 Å². The minimum absolute atomic E-state index is 0.0948. The number of primary sulfonamides is 1. The normalized spacial score (nSPS) is 12.6. The maximum atomic E-state index is 12.6. The van der Waals surface area contributed by atoms with E-state index in [0.29, 0.717) is 4.47 Å². The topological polar surface area (TPSA) is 89.3 Å². The van der Waals surface area contributed by atoms with Gasteiger partial charge in [0.05, 0.1) is 16.5 Å². The van der Waals surface area contributed by atoms with E-state index in [9.17, 15) is 13.2 Å². The summed E-state index contributed by atoms with van der Waals surface area (Å²) in [5, 5.41) is 8.11. The van der Waals surface area contributed by atoms with E-state index in [1.54, 1.807) is 0 Å². The average Bonchev–Trinajstić information content (AvgIpc) is 2.54. The van der Waals surface area contributed by atoms with Gasteiger partial charge in [-0.15, -0.1) is 0 Å². The molecule has 0 aliphatic heterocycles. The maximum Gasteiger partial charge on any atom is 0.252 e. The lowest BCUT2D eigenvalue weighted by atomic mass is 10.0. The molecule has 0 radical (unpaired) electrons. The molecule has 0 heterocycles. The standard InChI is InChI=1S/C17H19BrN2O3S/c1-2-6-16(12-7-4-3-5-8-12)20-17(21)14-11-13(24(19,22)23)9-10-15(14)18/h3-5,7-11,16H,2,6H2,1H3,(H,20,21)(H2,19,22,23). The number of nitrogens with two attached hydrogens (primary N) is 1. The molecule has 1 amide bonds. The van der Waals surface area contributed by atoms with Gasteiger partial charge in [0.25, 0.3) is 5.91 Å². The fourth-order valence-electron chi connectivity index (χ4n) is 2.39. The molecule has 1 unspecified atom stereocenters. The van der Waals surface area contributed by atoms with Crippen molar-refractivity contribution < 1.29 is 13.2 Å². The Balaban J connectivity index is 2.31. The molecule has 1 atom stereocenters. The number of nitrogens with one attached hydrogen (secondary N) is 1. The van der Waals surface area contributed by atoms with Crippen LogP contribution in [0.5, 0.6) is 0 Å². The van der Waals surface area contributed by atoms with E-state index in [1.807, 2.05) is 37.3 Å². The average molecular weight is 411 g/mol. The Morgan fingerprint density at radius 2 is 1.88 bits per heavy atom. The Morgan fingerprint density at radius 1 is 1.21 bits per heavy atom. The summed E-state index contributed by atoms with van der Waals surface area (Å²) in [7, 11) is -3.87. The summed E-state index contributed by atoms with van der Waals surface area (Å²) in [4.78, 5) is 12.5. The minimum atomic E-state index is -3.87. The van der Waals surface area contributed by atoms with Crippen LogP contribution in [0.15, 0.2) is 57.9 Å². The largest absolute Gasteiger partial charge is 0.345 e. The molecule has 5 nitrogen and oxygen atoms in total. The second-order valence-electron chi connectivity index (χ2n) is 5.41. The molecule has 0 spiro atoms. The van der Waals surface area contributed by atoms with Crippen molar-refractivity contribution in [3.63, 3.8) is 0 Å². The summed E-state index contributed by atoms with van der Waals surface area (Å²) >= 11 is 3.29. The van der Waals surface area contributed by atoms with E-state index < -0.39 is 10.0 Å². The van der Waals surface area contributed by atoms with Crippen LogP contribution in [0.25, 0.3) is 0 Å². The number of carbonyl (C=O) groups is 1. The number of carbonyl (C=O) groups excluding carboxylic acids is 1. The molecule has 0 saturated carbocycles.